The maximum absolute atomic E-state index is 12.0. The van der Waals surface area contributed by atoms with E-state index in [2.05, 4.69) is 9.71 Å². The van der Waals surface area contributed by atoms with Gasteiger partial charge in [-0.15, -0.1) is 0 Å². The predicted octanol–water partition coefficient (Wildman–Crippen LogP) is 1.77. The number of carbonyl (C=O) groups excluding carboxylic acids is 1. The molecule has 136 valence electrons. The van der Waals surface area contributed by atoms with Crippen LogP contribution in [0.4, 0.5) is 5.69 Å². The molecule has 0 atom stereocenters. The Morgan fingerprint density at radius 3 is 2.40 bits per heavy atom. The van der Waals surface area contributed by atoms with E-state index in [-0.39, 0.29) is 17.3 Å². The third-order valence-electron chi connectivity index (χ3n) is 4.93. The molecule has 1 aromatic heterocycles. The predicted molar refractivity (Wildman–Crippen MR) is 92.8 cm³/mol. The van der Waals surface area contributed by atoms with Gasteiger partial charge in [0, 0.05) is 37.9 Å². The number of hydrogen-bond acceptors (Lipinski definition) is 5. The molecule has 0 aromatic carbocycles. The molecule has 1 saturated heterocycles. The summed E-state index contributed by atoms with van der Waals surface area (Å²) in [5, 5.41) is -0.257. The van der Waals surface area contributed by atoms with E-state index in [0.29, 0.717) is 17.5 Å². The van der Waals surface area contributed by atoms with E-state index in [1.165, 1.54) is 6.20 Å². The molecule has 3 aliphatic rings. The molecule has 2 heterocycles. The van der Waals surface area contributed by atoms with Crippen LogP contribution in [-0.2, 0) is 14.8 Å². The van der Waals surface area contributed by atoms with Crippen molar-refractivity contribution in [3.63, 3.8) is 0 Å². The van der Waals surface area contributed by atoms with Gasteiger partial charge in [-0.1, -0.05) is 0 Å². The summed E-state index contributed by atoms with van der Waals surface area (Å²) < 4.78 is 32.2. The largest absolute Gasteiger partial charge is 0.474 e. The second-order valence-corrected chi connectivity index (χ2v) is 9.11. The Hall–Kier alpha value is -1.83. The highest BCUT2D eigenvalue weighted by Gasteiger charge is 2.36. The minimum atomic E-state index is -3.26. The zero-order valence-corrected chi connectivity index (χ0v) is 14.9. The zero-order chi connectivity index (χ0) is 17.4. The minimum absolute atomic E-state index is 0.0461. The van der Waals surface area contributed by atoms with Gasteiger partial charge in [0.1, 0.15) is 6.10 Å². The summed E-state index contributed by atoms with van der Waals surface area (Å²) in [6, 6.07) is 3.36. The van der Waals surface area contributed by atoms with E-state index in [9.17, 15) is 13.2 Å². The van der Waals surface area contributed by atoms with Gasteiger partial charge in [0.05, 0.1) is 17.1 Å². The van der Waals surface area contributed by atoms with Gasteiger partial charge in [-0.2, -0.15) is 0 Å². The van der Waals surface area contributed by atoms with Gasteiger partial charge < -0.3 is 9.64 Å². The quantitative estimate of drug-likeness (QED) is 0.830. The highest BCUT2D eigenvalue weighted by molar-refractivity contribution is 7.93. The first-order valence-corrected chi connectivity index (χ1v) is 10.5. The number of likely N-dealkylation sites (tertiary alicyclic amines) is 1. The van der Waals surface area contributed by atoms with Gasteiger partial charge in [0.15, 0.2) is 0 Å². The molecule has 4 rings (SSSR count). The zero-order valence-electron chi connectivity index (χ0n) is 14.1. The molecule has 25 heavy (non-hydrogen) atoms. The lowest BCUT2D eigenvalue weighted by Crippen LogP contribution is -2.42. The molecular formula is C17H23N3O4S. The maximum atomic E-state index is 12.0. The van der Waals surface area contributed by atoms with Crippen LogP contribution in [0.3, 0.4) is 0 Å². The van der Waals surface area contributed by atoms with Gasteiger partial charge >= 0.3 is 0 Å². The van der Waals surface area contributed by atoms with Gasteiger partial charge in [-0.3, -0.25) is 9.52 Å². The normalized spacial score (nSPS) is 21.8. The fraction of sp³-hybridized carbons (Fsp3) is 0.647. The molecule has 0 spiro atoms. The van der Waals surface area contributed by atoms with Gasteiger partial charge in [0.2, 0.25) is 21.8 Å². The summed E-state index contributed by atoms with van der Waals surface area (Å²) in [5.74, 6) is 1.05. The SMILES string of the molecule is O=C(C1CC1)N1CCC(Oc2ccc(NS(=O)(=O)C3CC3)cn2)CC1. The first kappa shape index (κ1) is 16.6. The van der Waals surface area contributed by atoms with Crippen LogP contribution < -0.4 is 9.46 Å². The van der Waals surface area contributed by atoms with Crippen LogP contribution in [0, 0.1) is 5.92 Å². The van der Waals surface area contributed by atoms with Gasteiger partial charge in [-0.25, -0.2) is 13.4 Å². The molecule has 1 aromatic rings. The van der Waals surface area contributed by atoms with Crippen LogP contribution in [0.2, 0.25) is 0 Å². The molecule has 0 unspecified atom stereocenters. The topological polar surface area (TPSA) is 88.6 Å². The molecular weight excluding hydrogens is 342 g/mol. The number of amides is 1. The van der Waals surface area contributed by atoms with E-state index in [1.807, 2.05) is 4.90 Å². The van der Waals surface area contributed by atoms with E-state index in [4.69, 9.17) is 4.74 Å². The Morgan fingerprint density at radius 1 is 1.12 bits per heavy atom. The third-order valence-corrected chi connectivity index (χ3v) is 6.80. The number of nitrogens with zero attached hydrogens (tertiary/aromatic N) is 2. The summed E-state index contributed by atoms with van der Waals surface area (Å²) in [6.07, 6.45) is 6.67. The Morgan fingerprint density at radius 2 is 1.84 bits per heavy atom. The minimum Gasteiger partial charge on any atom is -0.474 e. The van der Waals surface area contributed by atoms with Crippen LogP contribution in [0.1, 0.15) is 38.5 Å². The summed E-state index contributed by atoms with van der Waals surface area (Å²) in [7, 11) is -3.26. The fourth-order valence-electron chi connectivity index (χ4n) is 3.09. The maximum Gasteiger partial charge on any atom is 0.235 e. The van der Waals surface area contributed by atoms with Gasteiger partial charge in [-0.05, 0) is 31.7 Å². The second kappa shape index (κ2) is 6.48. The molecule has 0 radical (unpaired) electrons. The van der Waals surface area contributed by atoms with E-state index in [0.717, 1.165) is 51.6 Å². The number of pyridine rings is 1. The molecule has 1 N–H and O–H groups in total. The number of rotatable bonds is 6. The number of anilines is 1. The summed E-state index contributed by atoms with van der Waals surface area (Å²) in [5.41, 5.74) is 0.462. The van der Waals surface area contributed by atoms with Crippen LogP contribution in [0.15, 0.2) is 18.3 Å². The molecule has 3 fully saturated rings. The highest BCUT2D eigenvalue weighted by Crippen LogP contribution is 2.32. The summed E-state index contributed by atoms with van der Waals surface area (Å²) in [4.78, 5) is 18.2. The molecule has 2 saturated carbocycles. The lowest BCUT2D eigenvalue weighted by molar-refractivity contribution is -0.134. The molecule has 7 nitrogen and oxygen atoms in total. The van der Waals surface area contributed by atoms with E-state index in [1.54, 1.807) is 12.1 Å². The van der Waals surface area contributed by atoms with Crippen molar-refractivity contribution in [2.24, 2.45) is 5.92 Å². The van der Waals surface area contributed by atoms with Crippen molar-refractivity contribution >= 4 is 21.6 Å². The van der Waals surface area contributed by atoms with Crippen LogP contribution >= 0.6 is 0 Å². The number of piperidine rings is 1. The lowest BCUT2D eigenvalue weighted by Gasteiger charge is -2.32. The number of hydrogen-bond donors (Lipinski definition) is 1. The number of aromatic nitrogens is 1. The van der Waals surface area contributed by atoms with Crippen molar-refractivity contribution < 1.29 is 17.9 Å². The Kier molecular flexibility index (Phi) is 4.31. The average molecular weight is 365 g/mol. The first-order chi connectivity index (χ1) is 12.0. The van der Waals surface area contributed by atoms with Crippen molar-refractivity contribution in [1.82, 2.24) is 9.88 Å². The Labute approximate surface area is 147 Å². The van der Waals surface area contributed by atoms with Crippen molar-refractivity contribution in [3.05, 3.63) is 18.3 Å². The smallest absolute Gasteiger partial charge is 0.235 e. The lowest BCUT2D eigenvalue weighted by atomic mass is 10.1. The van der Waals surface area contributed by atoms with Crippen molar-refractivity contribution in [2.75, 3.05) is 17.8 Å². The summed E-state index contributed by atoms with van der Waals surface area (Å²) >= 11 is 0. The first-order valence-electron chi connectivity index (χ1n) is 8.94. The third kappa shape index (κ3) is 4.05. The molecule has 2 aliphatic carbocycles. The molecule has 8 heteroatoms. The Bertz CT molecular complexity index is 734. The van der Waals surface area contributed by atoms with Crippen molar-refractivity contribution in [1.29, 1.82) is 0 Å². The average Bonchev–Trinajstić information content (AvgIpc) is 3.49. The number of carbonyl (C=O) groups is 1. The fourth-order valence-corrected chi connectivity index (χ4v) is 4.46. The summed E-state index contributed by atoms with van der Waals surface area (Å²) in [6.45, 7) is 1.47. The van der Waals surface area contributed by atoms with Crippen LogP contribution in [0.5, 0.6) is 5.88 Å². The second-order valence-electron chi connectivity index (χ2n) is 7.15. The van der Waals surface area contributed by atoms with Crippen molar-refractivity contribution in [2.45, 2.75) is 49.9 Å². The Balaban J connectivity index is 1.27. The number of ether oxygens (including phenoxy) is 1. The number of sulfonamides is 1. The molecule has 1 amide bonds. The molecule has 0 bridgehead atoms. The van der Waals surface area contributed by atoms with E-state index < -0.39 is 10.0 Å². The highest BCUT2D eigenvalue weighted by atomic mass is 32.2. The monoisotopic (exact) mass is 365 g/mol. The number of nitrogens with one attached hydrogen (secondary N) is 1. The van der Waals surface area contributed by atoms with Gasteiger partial charge in [0.25, 0.3) is 0 Å². The van der Waals surface area contributed by atoms with Crippen molar-refractivity contribution in [3.8, 4) is 5.88 Å². The van der Waals surface area contributed by atoms with Crippen LogP contribution in [-0.4, -0.2) is 48.7 Å². The van der Waals surface area contributed by atoms with Crippen LogP contribution in [0.25, 0.3) is 0 Å². The molecule has 1 aliphatic heterocycles. The van der Waals surface area contributed by atoms with E-state index >= 15 is 0 Å². The standard InChI is InChI=1S/C17H23N3O4S/c21-17(12-1-2-12)20-9-7-14(8-10-20)24-16-6-3-13(11-18-16)19-25(22,23)15-4-5-15/h3,6,11-12,14-15,19H,1-2,4-5,7-10H2.